The second kappa shape index (κ2) is 10.2. The minimum atomic E-state index is -0.627. The molecular weight excluding hydrogens is 360 g/mol. The van der Waals surface area contributed by atoms with Crippen molar-refractivity contribution in [2.45, 2.75) is 19.3 Å². The normalized spacial score (nSPS) is 11.4. The number of carbonyl (C=O) groups is 2. The van der Waals surface area contributed by atoms with Gasteiger partial charge in [-0.1, -0.05) is 37.3 Å². The summed E-state index contributed by atoms with van der Waals surface area (Å²) < 4.78 is 15.9. The van der Waals surface area contributed by atoms with E-state index in [0.717, 1.165) is 6.42 Å². The molecule has 0 unspecified atom stereocenters. The smallest absolute Gasteiger partial charge is 0.255 e. The van der Waals surface area contributed by atoms with E-state index in [4.69, 9.17) is 19.9 Å². The fourth-order valence-electron chi connectivity index (χ4n) is 2.84. The SMILES string of the molecule is CC[C@H](CNC(=O)c1cc(OC)c(OCC(N)=O)c(OC)c1)c1ccccc1. The zero-order chi connectivity index (χ0) is 20.5. The van der Waals surface area contributed by atoms with Gasteiger partial charge in [0.05, 0.1) is 14.2 Å². The van der Waals surface area contributed by atoms with Crippen LogP contribution in [0.1, 0.15) is 35.2 Å². The zero-order valence-electron chi connectivity index (χ0n) is 16.4. The van der Waals surface area contributed by atoms with Crippen molar-refractivity contribution < 1.29 is 23.8 Å². The molecule has 0 saturated heterocycles. The highest BCUT2D eigenvalue weighted by atomic mass is 16.5. The minimum Gasteiger partial charge on any atom is -0.493 e. The van der Waals surface area contributed by atoms with Crippen LogP contribution in [-0.4, -0.2) is 39.2 Å². The van der Waals surface area contributed by atoms with E-state index in [9.17, 15) is 9.59 Å². The predicted molar refractivity (Wildman–Crippen MR) is 106 cm³/mol. The molecule has 2 amide bonds. The molecule has 1 atom stereocenters. The van der Waals surface area contributed by atoms with E-state index in [1.54, 1.807) is 0 Å². The summed E-state index contributed by atoms with van der Waals surface area (Å²) in [4.78, 5) is 23.7. The molecule has 2 aromatic carbocycles. The van der Waals surface area contributed by atoms with Crippen LogP contribution < -0.4 is 25.3 Å². The number of ether oxygens (including phenoxy) is 3. The van der Waals surface area contributed by atoms with Crippen LogP contribution in [0.5, 0.6) is 17.2 Å². The Morgan fingerprint density at radius 2 is 1.68 bits per heavy atom. The van der Waals surface area contributed by atoms with Crippen molar-refractivity contribution in [3.63, 3.8) is 0 Å². The summed E-state index contributed by atoms with van der Waals surface area (Å²) in [6, 6.07) is 13.1. The Bertz CT molecular complexity index is 783. The van der Waals surface area contributed by atoms with Crippen molar-refractivity contribution in [3.05, 3.63) is 53.6 Å². The molecule has 0 aliphatic heterocycles. The van der Waals surface area contributed by atoms with Crippen LogP contribution in [0, 0.1) is 0 Å². The van der Waals surface area contributed by atoms with Crippen LogP contribution in [0.2, 0.25) is 0 Å². The number of amides is 2. The number of methoxy groups -OCH3 is 2. The number of primary amides is 1. The Kier molecular flexibility index (Phi) is 7.68. The molecule has 0 aliphatic rings. The molecule has 3 N–H and O–H groups in total. The monoisotopic (exact) mass is 386 g/mol. The molecule has 2 rings (SSSR count). The van der Waals surface area contributed by atoms with Gasteiger partial charge in [-0.15, -0.1) is 0 Å². The van der Waals surface area contributed by atoms with Crippen molar-refractivity contribution in [3.8, 4) is 17.2 Å². The first-order valence-corrected chi connectivity index (χ1v) is 9.00. The lowest BCUT2D eigenvalue weighted by molar-refractivity contribution is -0.120. The Morgan fingerprint density at radius 3 is 2.18 bits per heavy atom. The van der Waals surface area contributed by atoms with Crippen LogP contribution in [0.3, 0.4) is 0 Å². The largest absolute Gasteiger partial charge is 0.493 e. The van der Waals surface area contributed by atoms with Crippen molar-refractivity contribution in [2.75, 3.05) is 27.4 Å². The standard InChI is InChI=1S/C21H26N2O5/c1-4-14(15-8-6-5-7-9-15)12-23-21(25)16-10-17(26-2)20(18(11-16)27-3)28-13-19(22)24/h5-11,14H,4,12-13H2,1-3H3,(H2,22,24)(H,23,25)/t14-/m1/s1. The van der Waals surface area contributed by atoms with Gasteiger partial charge in [-0.05, 0) is 24.1 Å². The van der Waals surface area contributed by atoms with Gasteiger partial charge in [-0.3, -0.25) is 9.59 Å². The molecule has 2 aromatic rings. The molecule has 0 spiro atoms. The van der Waals surface area contributed by atoms with Gasteiger partial charge >= 0.3 is 0 Å². The molecular formula is C21H26N2O5. The maximum atomic E-state index is 12.7. The van der Waals surface area contributed by atoms with E-state index in [1.807, 2.05) is 18.2 Å². The number of nitrogens with two attached hydrogens (primary N) is 1. The van der Waals surface area contributed by atoms with Gasteiger partial charge in [0.15, 0.2) is 18.1 Å². The van der Waals surface area contributed by atoms with Crippen molar-refractivity contribution in [2.24, 2.45) is 5.73 Å². The fraction of sp³-hybridized carbons (Fsp3) is 0.333. The Morgan fingerprint density at radius 1 is 1.07 bits per heavy atom. The average Bonchev–Trinajstić information content (AvgIpc) is 2.72. The second-order valence-corrected chi connectivity index (χ2v) is 6.19. The molecule has 0 aromatic heterocycles. The maximum absolute atomic E-state index is 12.7. The molecule has 150 valence electrons. The van der Waals surface area contributed by atoms with Crippen molar-refractivity contribution in [1.82, 2.24) is 5.32 Å². The Labute approximate surface area is 164 Å². The van der Waals surface area contributed by atoms with Gasteiger partial charge in [0.25, 0.3) is 11.8 Å². The molecule has 7 heteroatoms. The van der Waals surface area contributed by atoms with E-state index in [1.165, 1.54) is 31.9 Å². The first kappa shape index (κ1) is 21.1. The summed E-state index contributed by atoms with van der Waals surface area (Å²) >= 11 is 0. The van der Waals surface area contributed by atoms with Crippen LogP contribution in [0.15, 0.2) is 42.5 Å². The Hall–Kier alpha value is -3.22. The summed E-state index contributed by atoms with van der Waals surface area (Å²) in [5.74, 6) is 0.106. The van der Waals surface area contributed by atoms with Gasteiger partial charge in [0.2, 0.25) is 5.75 Å². The lowest BCUT2D eigenvalue weighted by Crippen LogP contribution is -2.28. The lowest BCUT2D eigenvalue weighted by atomic mass is 9.96. The number of hydrogen-bond acceptors (Lipinski definition) is 5. The minimum absolute atomic E-state index is 0.215. The first-order valence-electron chi connectivity index (χ1n) is 9.00. The summed E-state index contributed by atoms with van der Waals surface area (Å²) in [6.07, 6.45) is 0.900. The van der Waals surface area contributed by atoms with Crippen LogP contribution in [0.4, 0.5) is 0 Å². The van der Waals surface area contributed by atoms with Crippen LogP contribution in [0.25, 0.3) is 0 Å². The molecule has 0 heterocycles. The van der Waals surface area contributed by atoms with Crippen molar-refractivity contribution >= 4 is 11.8 Å². The predicted octanol–water partition coefficient (Wildman–Crippen LogP) is 2.49. The van der Waals surface area contributed by atoms with Gasteiger partial charge < -0.3 is 25.3 Å². The summed E-state index contributed by atoms with van der Waals surface area (Å²) in [5.41, 5.74) is 6.66. The highest BCUT2D eigenvalue weighted by Crippen LogP contribution is 2.38. The van der Waals surface area contributed by atoms with Gasteiger partial charge in [-0.25, -0.2) is 0 Å². The molecule has 0 fully saturated rings. The third-order valence-corrected chi connectivity index (χ3v) is 4.35. The fourth-order valence-corrected chi connectivity index (χ4v) is 2.84. The third-order valence-electron chi connectivity index (χ3n) is 4.35. The molecule has 0 bridgehead atoms. The van der Waals surface area contributed by atoms with Crippen LogP contribution >= 0.6 is 0 Å². The molecule has 0 aliphatic carbocycles. The second-order valence-electron chi connectivity index (χ2n) is 6.19. The molecule has 28 heavy (non-hydrogen) atoms. The summed E-state index contributed by atoms with van der Waals surface area (Å²) in [7, 11) is 2.88. The molecule has 0 radical (unpaired) electrons. The molecule has 7 nitrogen and oxygen atoms in total. The summed E-state index contributed by atoms with van der Waals surface area (Å²) in [6.45, 7) is 2.26. The van der Waals surface area contributed by atoms with Crippen LogP contribution in [-0.2, 0) is 4.79 Å². The molecule has 0 saturated carbocycles. The zero-order valence-corrected chi connectivity index (χ0v) is 16.4. The van der Waals surface area contributed by atoms with E-state index in [0.29, 0.717) is 12.1 Å². The van der Waals surface area contributed by atoms with E-state index < -0.39 is 5.91 Å². The quantitative estimate of drug-likeness (QED) is 0.653. The Balaban J connectivity index is 2.17. The highest BCUT2D eigenvalue weighted by molar-refractivity contribution is 5.95. The number of rotatable bonds is 10. The highest BCUT2D eigenvalue weighted by Gasteiger charge is 2.19. The van der Waals surface area contributed by atoms with E-state index >= 15 is 0 Å². The maximum Gasteiger partial charge on any atom is 0.255 e. The number of nitrogens with one attached hydrogen (secondary N) is 1. The van der Waals surface area contributed by atoms with Gasteiger partial charge in [-0.2, -0.15) is 0 Å². The number of hydrogen-bond donors (Lipinski definition) is 2. The third kappa shape index (κ3) is 5.39. The topological polar surface area (TPSA) is 99.9 Å². The van der Waals surface area contributed by atoms with Crippen molar-refractivity contribution in [1.29, 1.82) is 0 Å². The first-order chi connectivity index (χ1) is 13.5. The van der Waals surface area contributed by atoms with E-state index in [2.05, 4.69) is 24.4 Å². The number of carbonyl (C=O) groups excluding carboxylic acids is 2. The average molecular weight is 386 g/mol. The van der Waals surface area contributed by atoms with Gasteiger partial charge in [0, 0.05) is 18.0 Å². The van der Waals surface area contributed by atoms with E-state index in [-0.39, 0.29) is 35.7 Å². The summed E-state index contributed by atoms with van der Waals surface area (Å²) in [5, 5.41) is 2.96. The number of benzene rings is 2. The van der Waals surface area contributed by atoms with Gasteiger partial charge in [0.1, 0.15) is 0 Å². The lowest BCUT2D eigenvalue weighted by Gasteiger charge is -2.18.